The fraction of sp³-hybridized carbons (Fsp3) is 0.321. The molecule has 2 aromatic carbocycles. The average molecular weight is 574 g/mol. The molecule has 0 spiro atoms. The Labute approximate surface area is 240 Å². The van der Waals surface area contributed by atoms with E-state index >= 15 is 0 Å². The van der Waals surface area contributed by atoms with Gasteiger partial charge in [-0.05, 0) is 102 Å². The second-order valence-corrected chi connectivity index (χ2v) is 8.80. The minimum Gasteiger partial charge on any atom is -1.00 e. The fourth-order valence-electron chi connectivity index (χ4n) is 4.19. The summed E-state index contributed by atoms with van der Waals surface area (Å²) in [5.74, 6) is 0. The molecular weight excluding hydrogens is 541 g/mol. The molecule has 0 bridgehead atoms. The standard InChI is InChI=1S/C28H33N3.3ClH.Fe/c1-16-10-19(4)27(20(5)11-16)29-23(8)25-14-18(3)15-26(31-25)24(9)30-28-21(6)12-17(2)13-22(28)7;;;;/h10-15H,1-9H3;3*1H;/q;;;;+3/p-3. The summed E-state index contributed by atoms with van der Waals surface area (Å²) < 4.78 is 0. The molecule has 7 heteroatoms. The molecule has 0 aliphatic rings. The molecule has 0 saturated heterocycles. The topological polar surface area (TPSA) is 37.6 Å². The number of rotatable bonds is 4. The molecule has 189 valence electrons. The third kappa shape index (κ3) is 8.74. The minimum absolute atomic E-state index is 0. The van der Waals surface area contributed by atoms with Crippen LogP contribution in [0, 0.1) is 48.5 Å². The van der Waals surface area contributed by atoms with Crippen LogP contribution in [-0.4, -0.2) is 16.4 Å². The normalized spacial score (nSPS) is 11.0. The molecule has 0 aliphatic carbocycles. The van der Waals surface area contributed by atoms with Crippen LogP contribution in [0.2, 0.25) is 0 Å². The summed E-state index contributed by atoms with van der Waals surface area (Å²) in [4.78, 5) is 14.8. The largest absolute Gasteiger partial charge is 3.00 e. The van der Waals surface area contributed by atoms with Gasteiger partial charge in [0.15, 0.2) is 0 Å². The molecule has 1 aromatic heterocycles. The van der Waals surface area contributed by atoms with Crippen molar-refractivity contribution in [2.24, 2.45) is 9.98 Å². The summed E-state index contributed by atoms with van der Waals surface area (Å²) in [6, 6.07) is 12.9. The Bertz CT molecular complexity index is 1100. The van der Waals surface area contributed by atoms with E-state index in [2.05, 4.69) is 84.9 Å². The number of aromatic nitrogens is 1. The summed E-state index contributed by atoms with van der Waals surface area (Å²) >= 11 is 0. The summed E-state index contributed by atoms with van der Waals surface area (Å²) in [6.07, 6.45) is 0. The molecule has 1 radical (unpaired) electrons. The quantitative estimate of drug-likeness (QED) is 0.278. The van der Waals surface area contributed by atoms with Crippen LogP contribution in [0.3, 0.4) is 0 Å². The number of benzene rings is 2. The molecule has 0 unspecified atom stereocenters. The zero-order chi connectivity index (χ0) is 22.9. The predicted molar refractivity (Wildman–Crippen MR) is 134 cm³/mol. The first-order valence-electron chi connectivity index (χ1n) is 10.8. The van der Waals surface area contributed by atoms with Gasteiger partial charge in [0.25, 0.3) is 0 Å². The molecule has 0 N–H and O–H groups in total. The van der Waals surface area contributed by atoms with Crippen molar-refractivity contribution in [2.45, 2.75) is 62.3 Å². The second kappa shape index (κ2) is 14.8. The SMILES string of the molecule is CC(=Nc1c(C)cc(C)cc1C)c1cc(C)cc(C(C)=Nc2c(C)cc(C)cc2C)n1.[Cl-].[Cl-].[Cl-].[Fe+3]. The van der Waals surface area contributed by atoms with Gasteiger partial charge in [0.1, 0.15) is 0 Å². The third-order valence-corrected chi connectivity index (χ3v) is 5.54. The number of halogens is 3. The maximum atomic E-state index is 4.95. The van der Waals surface area contributed by atoms with Crippen molar-refractivity contribution >= 4 is 22.8 Å². The van der Waals surface area contributed by atoms with Gasteiger partial charge in [0.2, 0.25) is 0 Å². The van der Waals surface area contributed by atoms with E-state index < -0.39 is 0 Å². The summed E-state index contributed by atoms with van der Waals surface area (Å²) in [5, 5.41) is 0. The van der Waals surface area contributed by atoms with Gasteiger partial charge in [-0.15, -0.1) is 0 Å². The van der Waals surface area contributed by atoms with Crippen LogP contribution in [-0.2, 0) is 17.1 Å². The van der Waals surface area contributed by atoms with Crippen molar-refractivity contribution in [2.75, 3.05) is 0 Å². The maximum absolute atomic E-state index is 4.95. The maximum Gasteiger partial charge on any atom is 3.00 e. The Morgan fingerprint density at radius 2 is 0.771 bits per heavy atom. The first-order chi connectivity index (χ1) is 14.5. The van der Waals surface area contributed by atoms with E-state index in [0.29, 0.717) is 0 Å². The van der Waals surface area contributed by atoms with Crippen molar-refractivity contribution in [1.82, 2.24) is 4.98 Å². The van der Waals surface area contributed by atoms with Crippen molar-refractivity contribution in [1.29, 1.82) is 0 Å². The number of aliphatic imine (C=N–C) groups is 2. The molecule has 0 aliphatic heterocycles. The Balaban J connectivity index is 0. The van der Waals surface area contributed by atoms with Gasteiger partial charge in [0.05, 0.1) is 34.2 Å². The number of hydrogen-bond acceptors (Lipinski definition) is 3. The second-order valence-electron chi connectivity index (χ2n) is 8.80. The van der Waals surface area contributed by atoms with Gasteiger partial charge < -0.3 is 37.2 Å². The molecule has 0 atom stereocenters. The van der Waals surface area contributed by atoms with Crippen LogP contribution < -0.4 is 37.2 Å². The van der Waals surface area contributed by atoms with Crippen LogP contribution in [0.4, 0.5) is 11.4 Å². The van der Waals surface area contributed by atoms with E-state index in [1.165, 1.54) is 33.4 Å². The van der Waals surface area contributed by atoms with Crippen LogP contribution in [0.25, 0.3) is 0 Å². The third-order valence-electron chi connectivity index (χ3n) is 5.54. The monoisotopic (exact) mass is 572 g/mol. The van der Waals surface area contributed by atoms with Gasteiger partial charge >= 0.3 is 17.1 Å². The summed E-state index contributed by atoms with van der Waals surface area (Å²) in [7, 11) is 0. The molecule has 3 rings (SSSR count). The average Bonchev–Trinajstić information content (AvgIpc) is 2.66. The van der Waals surface area contributed by atoms with E-state index in [-0.39, 0.29) is 54.3 Å². The number of nitrogens with zero attached hydrogens (tertiary/aromatic N) is 3. The van der Waals surface area contributed by atoms with Crippen LogP contribution in [0.1, 0.15) is 64.2 Å². The Hall–Kier alpha value is -1.68. The van der Waals surface area contributed by atoms with Gasteiger partial charge in [-0.2, -0.15) is 0 Å². The molecule has 35 heavy (non-hydrogen) atoms. The summed E-state index contributed by atoms with van der Waals surface area (Å²) in [5.41, 5.74) is 14.1. The van der Waals surface area contributed by atoms with E-state index in [0.717, 1.165) is 39.7 Å². The first kappa shape index (κ1) is 35.5. The van der Waals surface area contributed by atoms with Gasteiger partial charge in [-0.3, -0.25) is 9.98 Å². The number of hydrogen-bond donors (Lipinski definition) is 0. The first-order valence-corrected chi connectivity index (χ1v) is 10.8. The van der Waals surface area contributed by atoms with Gasteiger partial charge in [-0.25, -0.2) is 4.98 Å². The van der Waals surface area contributed by atoms with E-state index in [4.69, 9.17) is 15.0 Å². The molecule has 0 fully saturated rings. The van der Waals surface area contributed by atoms with Crippen LogP contribution in [0.5, 0.6) is 0 Å². The van der Waals surface area contributed by atoms with Gasteiger partial charge in [0, 0.05) is 0 Å². The Morgan fingerprint density at radius 3 is 1.06 bits per heavy atom. The molecule has 1 heterocycles. The van der Waals surface area contributed by atoms with Crippen LogP contribution >= 0.6 is 0 Å². The minimum atomic E-state index is 0. The van der Waals surface area contributed by atoms with Crippen molar-refractivity contribution in [3.8, 4) is 0 Å². The molecule has 0 amide bonds. The number of pyridine rings is 1. The smallest absolute Gasteiger partial charge is 1.00 e. The summed E-state index contributed by atoms with van der Waals surface area (Å²) in [6.45, 7) is 18.9. The molecule has 3 aromatic rings. The van der Waals surface area contributed by atoms with E-state index in [1.54, 1.807) is 0 Å². The molecule has 0 saturated carbocycles. The number of aryl methyl sites for hydroxylation is 7. The van der Waals surface area contributed by atoms with Crippen LogP contribution in [0.15, 0.2) is 46.4 Å². The van der Waals surface area contributed by atoms with Crippen molar-refractivity contribution in [3.05, 3.63) is 86.7 Å². The van der Waals surface area contributed by atoms with E-state index in [1.807, 2.05) is 13.8 Å². The van der Waals surface area contributed by atoms with Gasteiger partial charge in [-0.1, -0.05) is 35.4 Å². The van der Waals surface area contributed by atoms with Crippen molar-refractivity contribution < 1.29 is 54.3 Å². The molecular formula is C28H33Cl3FeN3. The zero-order valence-electron chi connectivity index (χ0n) is 21.8. The Kier molecular flexibility index (Phi) is 15.0. The zero-order valence-corrected chi connectivity index (χ0v) is 25.2. The van der Waals surface area contributed by atoms with E-state index in [9.17, 15) is 0 Å². The predicted octanol–water partition coefficient (Wildman–Crippen LogP) is -1.47. The fourth-order valence-corrected chi connectivity index (χ4v) is 4.19. The molecule has 3 nitrogen and oxygen atoms in total. The van der Waals surface area contributed by atoms with Crippen molar-refractivity contribution in [3.63, 3.8) is 0 Å². The Morgan fingerprint density at radius 1 is 0.514 bits per heavy atom.